The van der Waals surface area contributed by atoms with E-state index in [4.69, 9.17) is 16.6 Å². The molecule has 5 rings (SSSR count). The van der Waals surface area contributed by atoms with Gasteiger partial charge in [-0.2, -0.15) is 5.10 Å². The number of pyridine rings is 1. The van der Waals surface area contributed by atoms with Crippen LogP contribution in [0.4, 0.5) is 0 Å². The molecule has 1 amide bonds. The van der Waals surface area contributed by atoms with Gasteiger partial charge in [-0.25, -0.2) is 4.98 Å². The second-order valence-electron chi connectivity index (χ2n) is 8.17. The lowest BCUT2D eigenvalue weighted by atomic mass is 10.0. The number of carbonyl (C=O) groups is 1. The number of para-hydroxylation sites is 1. The number of piperazine rings is 1. The molecule has 0 bridgehead atoms. The zero-order chi connectivity index (χ0) is 22.1. The minimum atomic E-state index is 0.0554. The number of fused-ring (bicyclic) bond motifs is 1. The van der Waals surface area contributed by atoms with E-state index in [9.17, 15) is 4.79 Å². The first-order valence-electron chi connectivity index (χ1n) is 10.7. The molecule has 1 fully saturated rings. The topological polar surface area (TPSA) is 54.3 Å². The van der Waals surface area contributed by atoms with Crippen molar-refractivity contribution in [2.24, 2.45) is 7.05 Å². The number of rotatable bonds is 4. The molecule has 0 aliphatic carbocycles. The maximum atomic E-state index is 13.5. The van der Waals surface area contributed by atoms with Gasteiger partial charge in [-0.05, 0) is 29.8 Å². The molecule has 0 spiro atoms. The first-order chi connectivity index (χ1) is 15.6. The molecule has 2 aromatic carbocycles. The van der Waals surface area contributed by atoms with Gasteiger partial charge < -0.3 is 4.90 Å². The summed E-state index contributed by atoms with van der Waals surface area (Å²) < 4.78 is 1.74. The quantitative estimate of drug-likeness (QED) is 0.471. The van der Waals surface area contributed by atoms with Crippen molar-refractivity contribution in [1.82, 2.24) is 24.6 Å². The second kappa shape index (κ2) is 8.73. The van der Waals surface area contributed by atoms with E-state index in [1.807, 2.05) is 60.6 Å². The van der Waals surface area contributed by atoms with Crippen molar-refractivity contribution in [3.05, 3.63) is 83.1 Å². The summed E-state index contributed by atoms with van der Waals surface area (Å²) >= 11 is 5.99. The lowest BCUT2D eigenvalue weighted by molar-refractivity contribution is 0.0630. The molecule has 1 saturated heterocycles. The average molecular weight is 446 g/mol. The van der Waals surface area contributed by atoms with Crippen LogP contribution in [0, 0.1) is 0 Å². The molecule has 2 aromatic heterocycles. The zero-order valence-corrected chi connectivity index (χ0v) is 18.7. The Kier molecular flexibility index (Phi) is 5.64. The van der Waals surface area contributed by atoms with E-state index in [-0.39, 0.29) is 5.91 Å². The maximum absolute atomic E-state index is 13.5. The van der Waals surface area contributed by atoms with Gasteiger partial charge in [-0.3, -0.25) is 14.4 Å². The number of hydrogen-bond acceptors (Lipinski definition) is 4. The van der Waals surface area contributed by atoms with Crippen LogP contribution in [-0.2, 0) is 13.6 Å². The summed E-state index contributed by atoms with van der Waals surface area (Å²) in [6.45, 7) is 3.94. The van der Waals surface area contributed by atoms with Crippen molar-refractivity contribution in [2.45, 2.75) is 6.54 Å². The molecule has 0 unspecified atom stereocenters. The van der Waals surface area contributed by atoms with Crippen LogP contribution in [0.25, 0.3) is 22.2 Å². The first kappa shape index (κ1) is 20.7. The number of halogens is 1. The van der Waals surface area contributed by atoms with Crippen molar-refractivity contribution in [2.75, 3.05) is 26.2 Å². The molecule has 1 aliphatic rings. The van der Waals surface area contributed by atoms with Crippen LogP contribution in [0.5, 0.6) is 0 Å². The number of hydrogen-bond donors (Lipinski definition) is 0. The van der Waals surface area contributed by atoms with Crippen LogP contribution < -0.4 is 0 Å². The largest absolute Gasteiger partial charge is 0.336 e. The highest BCUT2D eigenvalue weighted by molar-refractivity contribution is 6.30. The summed E-state index contributed by atoms with van der Waals surface area (Å²) in [4.78, 5) is 22.6. The molecule has 7 heteroatoms. The van der Waals surface area contributed by atoms with Crippen molar-refractivity contribution in [3.8, 4) is 11.3 Å². The van der Waals surface area contributed by atoms with E-state index in [0.717, 1.165) is 46.8 Å². The SMILES string of the molecule is Cn1cc(-c2cc(C(=O)N3CCN(Cc4ccc(Cl)cc4)CC3)c3ccccc3n2)cn1. The Labute approximate surface area is 192 Å². The van der Waals surface area contributed by atoms with E-state index in [2.05, 4.69) is 22.1 Å². The van der Waals surface area contributed by atoms with Crippen LogP contribution >= 0.6 is 11.6 Å². The molecular weight excluding hydrogens is 422 g/mol. The van der Waals surface area contributed by atoms with Gasteiger partial charge in [0.1, 0.15) is 0 Å². The molecule has 1 aliphatic heterocycles. The minimum Gasteiger partial charge on any atom is -0.336 e. The molecule has 0 saturated carbocycles. The Bertz CT molecular complexity index is 1260. The Balaban J connectivity index is 1.36. The predicted octanol–water partition coefficient (Wildman–Crippen LogP) is 4.25. The lowest BCUT2D eigenvalue weighted by Gasteiger charge is -2.35. The number of aromatic nitrogens is 3. The fourth-order valence-corrected chi connectivity index (χ4v) is 4.31. The Morgan fingerprint density at radius 1 is 1.03 bits per heavy atom. The third-order valence-corrected chi connectivity index (χ3v) is 6.18. The van der Waals surface area contributed by atoms with Crippen LogP contribution in [0.1, 0.15) is 15.9 Å². The monoisotopic (exact) mass is 445 g/mol. The summed E-state index contributed by atoms with van der Waals surface area (Å²) in [7, 11) is 1.88. The van der Waals surface area contributed by atoms with Crippen LogP contribution in [0.3, 0.4) is 0 Å². The Morgan fingerprint density at radius 2 is 1.78 bits per heavy atom. The fourth-order valence-electron chi connectivity index (χ4n) is 4.18. The third kappa shape index (κ3) is 4.24. The summed E-state index contributed by atoms with van der Waals surface area (Å²) in [5, 5.41) is 5.89. The summed E-state index contributed by atoms with van der Waals surface area (Å²) in [6, 6.07) is 17.7. The molecule has 0 atom stereocenters. The third-order valence-electron chi connectivity index (χ3n) is 5.93. The van der Waals surface area contributed by atoms with Gasteiger partial charge in [0.2, 0.25) is 0 Å². The molecule has 4 aromatic rings. The van der Waals surface area contributed by atoms with Crippen molar-refractivity contribution in [1.29, 1.82) is 0 Å². The van der Waals surface area contributed by atoms with Crippen LogP contribution in [0.15, 0.2) is 67.0 Å². The van der Waals surface area contributed by atoms with Crippen molar-refractivity contribution < 1.29 is 4.79 Å². The minimum absolute atomic E-state index is 0.0554. The zero-order valence-electron chi connectivity index (χ0n) is 17.9. The highest BCUT2D eigenvalue weighted by Gasteiger charge is 2.24. The van der Waals surface area contributed by atoms with Crippen molar-refractivity contribution in [3.63, 3.8) is 0 Å². The second-order valence-corrected chi connectivity index (χ2v) is 8.61. The number of amides is 1. The number of aryl methyl sites for hydroxylation is 1. The van der Waals surface area contributed by atoms with Crippen LogP contribution in [0.2, 0.25) is 5.02 Å². The highest BCUT2D eigenvalue weighted by atomic mass is 35.5. The molecular formula is C25H24ClN5O. The Morgan fingerprint density at radius 3 is 2.50 bits per heavy atom. The average Bonchev–Trinajstić information content (AvgIpc) is 3.26. The van der Waals surface area contributed by atoms with Gasteiger partial charge in [-0.15, -0.1) is 0 Å². The van der Waals surface area contributed by atoms with Gasteiger partial charge in [0.05, 0.1) is 23.0 Å². The summed E-state index contributed by atoms with van der Waals surface area (Å²) in [6.07, 6.45) is 3.70. The normalized spacial score (nSPS) is 14.8. The van der Waals surface area contributed by atoms with Gasteiger partial charge in [0, 0.05) is 61.9 Å². The lowest BCUT2D eigenvalue weighted by Crippen LogP contribution is -2.48. The van der Waals surface area contributed by atoms with E-state index < -0.39 is 0 Å². The van der Waals surface area contributed by atoms with E-state index in [1.54, 1.807) is 10.9 Å². The van der Waals surface area contributed by atoms with Crippen LogP contribution in [-0.4, -0.2) is 56.7 Å². The number of nitrogens with zero attached hydrogens (tertiary/aromatic N) is 5. The highest BCUT2D eigenvalue weighted by Crippen LogP contribution is 2.26. The Hall–Kier alpha value is -3.22. The number of benzene rings is 2. The van der Waals surface area contributed by atoms with Gasteiger partial charge in [-0.1, -0.05) is 41.9 Å². The molecule has 3 heterocycles. The van der Waals surface area contributed by atoms with Gasteiger partial charge in [0.25, 0.3) is 5.91 Å². The molecule has 162 valence electrons. The summed E-state index contributed by atoms with van der Waals surface area (Å²) in [5.41, 5.74) is 4.41. The van der Waals surface area contributed by atoms with Gasteiger partial charge >= 0.3 is 0 Å². The van der Waals surface area contributed by atoms with E-state index >= 15 is 0 Å². The standard InChI is InChI=1S/C25H24ClN5O/c1-29-17-19(15-27-29)24-14-22(21-4-2-3-5-23(21)28-24)25(32)31-12-10-30(11-13-31)16-18-6-8-20(26)9-7-18/h2-9,14-15,17H,10-13,16H2,1H3. The van der Waals surface area contributed by atoms with E-state index in [0.29, 0.717) is 18.7 Å². The summed E-state index contributed by atoms with van der Waals surface area (Å²) in [5.74, 6) is 0.0554. The first-order valence-corrected chi connectivity index (χ1v) is 11.1. The van der Waals surface area contributed by atoms with E-state index in [1.165, 1.54) is 5.56 Å². The molecule has 6 nitrogen and oxygen atoms in total. The van der Waals surface area contributed by atoms with Crippen molar-refractivity contribution >= 4 is 28.4 Å². The molecule has 0 radical (unpaired) electrons. The maximum Gasteiger partial charge on any atom is 0.254 e. The van der Waals surface area contributed by atoms with Gasteiger partial charge in [0.15, 0.2) is 0 Å². The smallest absolute Gasteiger partial charge is 0.254 e. The number of carbonyl (C=O) groups excluding carboxylic acids is 1. The predicted molar refractivity (Wildman–Crippen MR) is 127 cm³/mol. The molecule has 0 N–H and O–H groups in total. The fraction of sp³-hybridized carbons (Fsp3) is 0.240. The molecule has 32 heavy (non-hydrogen) atoms.